The topological polar surface area (TPSA) is 97.5 Å². The molecule has 0 aromatic heterocycles. The van der Waals surface area contributed by atoms with E-state index in [4.69, 9.17) is 11.1 Å². The van der Waals surface area contributed by atoms with Crippen LogP contribution in [0, 0.1) is 0 Å². The Bertz CT molecular complexity index is 214. The van der Waals surface area contributed by atoms with E-state index in [0.29, 0.717) is 13.1 Å². The second kappa shape index (κ2) is 13.6. The molecule has 0 rings (SSSR count). The van der Waals surface area contributed by atoms with Crippen LogP contribution >= 0.6 is 0 Å². The summed E-state index contributed by atoms with van der Waals surface area (Å²) in [6.07, 6.45) is 9.24. The molecule has 0 atom stereocenters. The molecule has 0 unspecified atom stereocenters. The molecule has 0 aromatic rings. The molecule has 0 bridgehead atoms. The normalized spacial score (nSPS) is 9.25. The molecular weight excluding hydrogens is 204 g/mol. The smallest absolute Gasteiger partial charge is 0.0257 e. The molecule has 0 heterocycles. The maximum atomic E-state index is 8.06. The molecule has 0 saturated heterocycles. The number of azide groups is 2. The van der Waals surface area contributed by atoms with Crippen LogP contribution < -0.4 is 0 Å². The molecule has 0 saturated carbocycles. The van der Waals surface area contributed by atoms with Crippen LogP contribution in [0.5, 0.6) is 0 Å². The van der Waals surface area contributed by atoms with Crippen LogP contribution in [0.1, 0.15) is 51.4 Å². The Balaban J connectivity index is 2.98. The lowest BCUT2D eigenvalue weighted by Crippen LogP contribution is -1.84. The number of rotatable bonds is 11. The minimum Gasteiger partial charge on any atom is -0.0940 e. The van der Waals surface area contributed by atoms with Crippen molar-refractivity contribution in [3.05, 3.63) is 20.9 Å². The van der Waals surface area contributed by atoms with Gasteiger partial charge in [0, 0.05) is 22.9 Å². The first-order valence-electron chi connectivity index (χ1n) is 5.93. The van der Waals surface area contributed by atoms with Gasteiger partial charge in [-0.25, -0.2) is 0 Å². The molecule has 0 spiro atoms. The van der Waals surface area contributed by atoms with Gasteiger partial charge in [-0.2, -0.15) is 0 Å². The third-order valence-corrected chi connectivity index (χ3v) is 2.39. The van der Waals surface area contributed by atoms with Crippen molar-refractivity contribution in [3.8, 4) is 0 Å². The van der Waals surface area contributed by atoms with E-state index in [0.717, 1.165) is 25.7 Å². The SMILES string of the molecule is [N-]=[N+]=NCCCCCCCCCCN=[N+]=[N-]. The van der Waals surface area contributed by atoms with Crippen molar-refractivity contribution in [1.29, 1.82) is 0 Å². The lowest BCUT2D eigenvalue weighted by Gasteiger charge is -2.00. The van der Waals surface area contributed by atoms with Crippen molar-refractivity contribution >= 4 is 0 Å². The highest BCUT2D eigenvalue weighted by Gasteiger charge is 1.91. The fourth-order valence-electron chi connectivity index (χ4n) is 1.52. The Labute approximate surface area is 96.3 Å². The van der Waals surface area contributed by atoms with Crippen LogP contribution in [-0.2, 0) is 0 Å². The fourth-order valence-corrected chi connectivity index (χ4v) is 1.52. The van der Waals surface area contributed by atoms with E-state index in [9.17, 15) is 0 Å². The van der Waals surface area contributed by atoms with Crippen LogP contribution in [0.3, 0.4) is 0 Å². The van der Waals surface area contributed by atoms with E-state index >= 15 is 0 Å². The van der Waals surface area contributed by atoms with Crippen LogP contribution in [-0.4, -0.2) is 13.1 Å². The van der Waals surface area contributed by atoms with Gasteiger partial charge in [-0.1, -0.05) is 48.8 Å². The van der Waals surface area contributed by atoms with Crippen molar-refractivity contribution in [2.75, 3.05) is 13.1 Å². The summed E-state index contributed by atoms with van der Waals surface area (Å²) in [5.41, 5.74) is 16.1. The van der Waals surface area contributed by atoms with Crippen molar-refractivity contribution in [2.24, 2.45) is 10.2 Å². The average molecular weight is 224 g/mol. The summed E-state index contributed by atoms with van der Waals surface area (Å²) < 4.78 is 0. The van der Waals surface area contributed by atoms with Gasteiger partial charge in [-0.15, -0.1) is 0 Å². The highest BCUT2D eigenvalue weighted by molar-refractivity contribution is 4.51. The average Bonchev–Trinajstić information content (AvgIpc) is 2.31. The molecule has 16 heavy (non-hydrogen) atoms. The first kappa shape index (κ1) is 14.6. The first-order chi connectivity index (χ1) is 7.91. The van der Waals surface area contributed by atoms with E-state index in [1.54, 1.807) is 0 Å². The van der Waals surface area contributed by atoms with Gasteiger partial charge in [0.15, 0.2) is 0 Å². The maximum absolute atomic E-state index is 8.06. The summed E-state index contributed by atoms with van der Waals surface area (Å²) in [6.45, 7) is 1.26. The van der Waals surface area contributed by atoms with Crippen molar-refractivity contribution in [2.45, 2.75) is 51.4 Å². The van der Waals surface area contributed by atoms with Crippen molar-refractivity contribution in [1.82, 2.24) is 0 Å². The monoisotopic (exact) mass is 224 g/mol. The predicted octanol–water partition coefficient (Wildman–Crippen LogP) is 4.73. The lowest BCUT2D eigenvalue weighted by molar-refractivity contribution is 0.572. The van der Waals surface area contributed by atoms with Crippen molar-refractivity contribution < 1.29 is 0 Å². The Morgan fingerprint density at radius 3 is 1.19 bits per heavy atom. The third-order valence-electron chi connectivity index (χ3n) is 2.39. The summed E-state index contributed by atoms with van der Waals surface area (Å²) in [5.74, 6) is 0. The Morgan fingerprint density at radius 2 is 0.875 bits per heavy atom. The summed E-state index contributed by atoms with van der Waals surface area (Å²) >= 11 is 0. The predicted molar refractivity (Wildman–Crippen MR) is 65.0 cm³/mol. The summed E-state index contributed by atoms with van der Waals surface area (Å²) in [5, 5.41) is 6.98. The molecular formula is C10H20N6. The van der Waals surface area contributed by atoms with Gasteiger partial charge in [-0.05, 0) is 23.9 Å². The Kier molecular flexibility index (Phi) is 12.4. The van der Waals surface area contributed by atoms with Gasteiger partial charge in [0.1, 0.15) is 0 Å². The minimum absolute atomic E-state index is 0.628. The summed E-state index contributed by atoms with van der Waals surface area (Å²) in [4.78, 5) is 5.42. The molecule has 0 aliphatic rings. The van der Waals surface area contributed by atoms with E-state index in [2.05, 4.69) is 20.1 Å². The fraction of sp³-hybridized carbons (Fsp3) is 1.00. The maximum Gasteiger partial charge on any atom is 0.0257 e. The van der Waals surface area contributed by atoms with E-state index in [-0.39, 0.29) is 0 Å². The first-order valence-corrected chi connectivity index (χ1v) is 5.93. The summed E-state index contributed by atoms with van der Waals surface area (Å²) in [7, 11) is 0. The molecule has 90 valence electrons. The highest BCUT2D eigenvalue weighted by atomic mass is 15.1. The van der Waals surface area contributed by atoms with Crippen LogP contribution in [0.15, 0.2) is 10.2 Å². The molecule has 0 radical (unpaired) electrons. The molecule has 0 amide bonds. The standard InChI is InChI=1S/C10H20N6/c11-15-13-9-7-5-3-1-2-4-6-8-10-14-16-12/h1-10H2. The molecule has 0 aliphatic carbocycles. The zero-order valence-corrected chi connectivity index (χ0v) is 9.75. The molecule has 0 aromatic carbocycles. The number of nitrogens with zero attached hydrogens (tertiary/aromatic N) is 6. The van der Waals surface area contributed by atoms with E-state index in [1.807, 2.05) is 0 Å². The quantitative estimate of drug-likeness (QED) is 0.210. The largest absolute Gasteiger partial charge is 0.0940 e. The van der Waals surface area contributed by atoms with Gasteiger partial charge in [0.05, 0.1) is 0 Å². The van der Waals surface area contributed by atoms with Gasteiger partial charge in [-0.3, -0.25) is 0 Å². The van der Waals surface area contributed by atoms with Gasteiger partial charge < -0.3 is 0 Å². The Hall–Kier alpha value is -1.38. The van der Waals surface area contributed by atoms with Crippen molar-refractivity contribution in [3.63, 3.8) is 0 Å². The molecule has 0 aliphatic heterocycles. The number of hydrogen-bond donors (Lipinski definition) is 0. The van der Waals surface area contributed by atoms with Gasteiger partial charge >= 0.3 is 0 Å². The number of hydrogen-bond acceptors (Lipinski definition) is 2. The second-order valence-corrected chi connectivity index (χ2v) is 3.74. The molecule has 6 nitrogen and oxygen atoms in total. The third kappa shape index (κ3) is 12.6. The minimum atomic E-state index is 0.628. The van der Waals surface area contributed by atoms with Crippen LogP contribution in [0.25, 0.3) is 20.9 Å². The molecule has 0 fully saturated rings. The van der Waals surface area contributed by atoms with E-state index in [1.165, 1.54) is 25.7 Å². The van der Waals surface area contributed by atoms with Gasteiger partial charge in [0.25, 0.3) is 0 Å². The zero-order chi connectivity index (χ0) is 11.9. The highest BCUT2D eigenvalue weighted by Crippen LogP contribution is 2.08. The zero-order valence-electron chi connectivity index (χ0n) is 9.75. The number of unbranched alkanes of at least 4 members (excludes halogenated alkanes) is 7. The summed E-state index contributed by atoms with van der Waals surface area (Å²) in [6, 6.07) is 0. The molecule has 0 N–H and O–H groups in total. The van der Waals surface area contributed by atoms with Gasteiger partial charge in [0.2, 0.25) is 0 Å². The lowest BCUT2D eigenvalue weighted by atomic mass is 10.1. The van der Waals surface area contributed by atoms with E-state index < -0.39 is 0 Å². The van der Waals surface area contributed by atoms with Crippen LogP contribution in [0.2, 0.25) is 0 Å². The molecule has 6 heteroatoms. The van der Waals surface area contributed by atoms with Crippen LogP contribution in [0.4, 0.5) is 0 Å². The Morgan fingerprint density at radius 1 is 0.562 bits per heavy atom. The second-order valence-electron chi connectivity index (χ2n) is 3.74.